The van der Waals surface area contributed by atoms with Gasteiger partial charge in [-0.1, -0.05) is 25.0 Å². The Kier molecular flexibility index (Phi) is 3.12. The number of hydrogen-bond acceptors (Lipinski definition) is 2. The van der Waals surface area contributed by atoms with Gasteiger partial charge in [0.1, 0.15) is 11.9 Å². The molecule has 3 heteroatoms. The number of benzene rings is 1. The number of thiophene rings is 1. The lowest BCUT2D eigenvalue weighted by Gasteiger charge is -2.39. The Hall–Kier alpha value is -1.19. The maximum absolute atomic E-state index is 13.1. The Balaban J connectivity index is 1.75. The molecule has 4 rings (SSSR count). The molecule has 1 aromatic heterocycles. The van der Waals surface area contributed by atoms with Crippen molar-refractivity contribution in [2.24, 2.45) is 0 Å². The molecule has 0 amide bonds. The molecule has 2 aromatic rings. The molecule has 2 aliphatic rings. The van der Waals surface area contributed by atoms with Gasteiger partial charge in [-0.05, 0) is 47.5 Å². The van der Waals surface area contributed by atoms with Crippen molar-refractivity contribution in [3.63, 3.8) is 0 Å². The van der Waals surface area contributed by atoms with E-state index in [1.54, 1.807) is 0 Å². The van der Waals surface area contributed by atoms with E-state index in [0.29, 0.717) is 12.0 Å². The molecule has 1 aliphatic carbocycles. The Morgan fingerprint density at radius 3 is 2.70 bits per heavy atom. The molecule has 104 valence electrons. The molecule has 1 aliphatic heterocycles. The molecule has 0 spiro atoms. The Morgan fingerprint density at radius 1 is 1.05 bits per heavy atom. The number of hydrogen-bond donors (Lipinski definition) is 0. The molecule has 3 atom stereocenters. The molecule has 1 fully saturated rings. The molecule has 1 aromatic carbocycles. The number of rotatable bonds is 1. The van der Waals surface area contributed by atoms with Gasteiger partial charge in [-0.25, -0.2) is 4.39 Å². The van der Waals surface area contributed by atoms with Gasteiger partial charge in [-0.15, -0.1) is 11.3 Å². The molecule has 1 nitrogen and oxygen atoms in total. The second kappa shape index (κ2) is 4.97. The highest BCUT2D eigenvalue weighted by Crippen LogP contribution is 2.48. The van der Waals surface area contributed by atoms with Gasteiger partial charge in [0.15, 0.2) is 0 Å². The average molecular weight is 288 g/mol. The van der Waals surface area contributed by atoms with Crippen LogP contribution in [0.4, 0.5) is 4.39 Å². The number of ether oxygens (including phenoxy) is 1. The van der Waals surface area contributed by atoms with E-state index < -0.39 is 0 Å². The number of halogens is 1. The predicted molar refractivity (Wildman–Crippen MR) is 78.6 cm³/mol. The third kappa shape index (κ3) is 2.00. The minimum Gasteiger partial charge on any atom is -0.365 e. The van der Waals surface area contributed by atoms with Crippen LogP contribution in [0, 0.1) is 5.82 Å². The lowest BCUT2D eigenvalue weighted by Crippen LogP contribution is -2.32. The fourth-order valence-electron chi connectivity index (χ4n) is 3.55. The summed E-state index contributed by atoms with van der Waals surface area (Å²) in [6.07, 6.45) is 5.29. The summed E-state index contributed by atoms with van der Waals surface area (Å²) in [6, 6.07) is 8.93. The standard InChI is InChI=1S/C17H17FOS/c18-12-7-5-11(6-8-12)16-14-9-10-20-17(14)13-3-1-2-4-15(13)19-16/h5-10,13,15-16H,1-4H2/t13-,15+,16+/m1/s1. The van der Waals surface area contributed by atoms with Gasteiger partial charge in [0, 0.05) is 10.8 Å². The smallest absolute Gasteiger partial charge is 0.123 e. The second-order valence-corrected chi connectivity index (χ2v) is 6.68. The molecular formula is C17H17FOS. The van der Waals surface area contributed by atoms with Crippen molar-refractivity contribution in [2.45, 2.75) is 43.8 Å². The SMILES string of the molecule is Fc1ccc([C@@H]2O[C@H]3CCCC[C@H]3c3sccc32)cc1. The Labute approximate surface area is 122 Å². The van der Waals surface area contributed by atoms with E-state index in [4.69, 9.17) is 4.74 Å². The van der Waals surface area contributed by atoms with Gasteiger partial charge in [0.25, 0.3) is 0 Å². The van der Waals surface area contributed by atoms with Crippen LogP contribution in [-0.4, -0.2) is 6.10 Å². The topological polar surface area (TPSA) is 9.23 Å². The summed E-state index contributed by atoms with van der Waals surface area (Å²) in [6.45, 7) is 0. The molecule has 0 unspecified atom stereocenters. The van der Waals surface area contributed by atoms with Crippen molar-refractivity contribution in [3.05, 3.63) is 57.5 Å². The van der Waals surface area contributed by atoms with Crippen molar-refractivity contribution >= 4 is 11.3 Å². The summed E-state index contributed by atoms with van der Waals surface area (Å²) >= 11 is 1.86. The first-order valence-corrected chi connectivity index (χ1v) is 8.19. The third-order valence-electron chi connectivity index (χ3n) is 4.53. The molecule has 2 heterocycles. The van der Waals surface area contributed by atoms with Gasteiger partial charge >= 0.3 is 0 Å². The largest absolute Gasteiger partial charge is 0.365 e. The summed E-state index contributed by atoms with van der Waals surface area (Å²) in [4.78, 5) is 1.50. The Bertz CT molecular complexity index is 604. The third-order valence-corrected chi connectivity index (χ3v) is 5.60. The quantitative estimate of drug-likeness (QED) is 0.715. The molecule has 0 N–H and O–H groups in total. The highest BCUT2D eigenvalue weighted by Gasteiger charge is 2.38. The lowest BCUT2D eigenvalue weighted by atomic mass is 9.80. The lowest BCUT2D eigenvalue weighted by molar-refractivity contribution is -0.0374. The highest BCUT2D eigenvalue weighted by atomic mass is 32.1. The van der Waals surface area contributed by atoms with E-state index in [1.165, 1.54) is 41.8 Å². The van der Waals surface area contributed by atoms with Crippen LogP contribution in [0.5, 0.6) is 0 Å². The Morgan fingerprint density at radius 2 is 1.85 bits per heavy atom. The maximum atomic E-state index is 13.1. The zero-order chi connectivity index (χ0) is 13.5. The fourth-order valence-corrected chi connectivity index (χ4v) is 4.67. The van der Waals surface area contributed by atoms with Crippen molar-refractivity contribution in [2.75, 3.05) is 0 Å². The van der Waals surface area contributed by atoms with Crippen LogP contribution in [0.15, 0.2) is 35.7 Å². The van der Waals surface area contributed by atoms with Crippen molar-refractivity contribution in [1.29, 1.82) is 0 Å². The zero-order valence-corrected chi connectivity index (χ0v) is 12.0. The van der Waals surface area contributed by atoms with Crippen LogP contribution < -0.4 is 0 Å². The van der Waals surface area contributed by atoms with Crippen LogP contribution in [0.1, 0.15) is 53.7 Å². The molecule has 1 saturated carbocycles. The van der Waals surface area contributed by atoms with Crippen LogP contribution in [0.2, 0.25) is 0 Å². The number of fused-ring (bicyclic) bond motifs is 3. The minimum absolute atomic E-state index is 0.0174. The molecule has 20 heavy (non-hydrogen) atoms. The average Bonchev–Trinajstić information content (AvgIpc) is 2.97. The first kappa shape index (κ1) is 12.5. The van der Waals surface area contributed by atoms with Crippen LogP contribution >= 0.6 is 11.3 Å². The van der Waals surface area contributed by atoms with E-state index >= 15 is 0 Å². The summed E-state index contributed by atoms with van der Waals surface area (Å²) in [5, 5.41) is 2.17. The van der Waals surface area contributed by atoms with Gasteiger partial charge in [-0.2, -0.15) is 0 Å². The highest BCUT2D eigenvalue weighted by molar-refractivity contribution is 7.10. The molecule has 0 saturated heterocycles. The van der Waals surface area contributed by atoms with Crippen LogP contribution in [0.25, 0.3) is 0 Å². The minimum atomic E-state index is -0.189. The van der Waals surface area contributed by atoms with Crippen LogP contribution in [-0.2, 0) is 4.74 Å². The van der Waals surface area contributed by atoms with E-state index in [-0.39, 0.29) is 11.9 Å². The zero-order valence-electron chi connectivity index (χ0n) is 11.2. The van der Waals surface area contributed by atoms with Crippen LogP contribution in [0.3, 0.4) is 0 Å². The van der Waals surface area contributed by atoms with Gasteiger partial charge in [0.05, 0.1) is 6.10 Å². The first-order valence-electron chi connectivity index (χ1n) is 7.31. The maximum Gasteiger partial charge on any atom is 0.123 e. The van der Waals surface area contributed by atoms with E-state index in [1.807, 2.05) is 23.5 Å². The molecular weight excluding hydrogens is 271 g/mol. The van der Waals surface area contributed by atoms with Gasteiger partial charge in [-0.3, -0.25) is 0 Å². The van der Waals surface area contributed by atoms with E-state index in [9.17, 15) is 4.39 Å². The van der Waals surface area contributed by atoms with Gasteiger partial charge in [0.2, 0.25) is 0 Å². The molecule has 0 radical (unpaired) electrons. The van der Waals surface area contributed by atoms with E-state index in [0.717, 1.165) is 12.0 Å². The van der Waals surface area contributed by atoms with Gasteiger partial charge < -0.3 is 4.74 Å². The van der Waals surface area contributed by atoms with Crippen molar-refractivity contribution < 1.29 is 9.13 Å². The molecule has 0 bridgehead atoms. The van der Waals surface area contributed by atoms with E-state index in [2.05, 4.69) is 11.4 Å². The first-order chi connectivity index (χ1) is 9.83. The normalized spacial score (nSPS) is 28.8. The fraction of sp³-hybridized carbons (Fsp3) is 0.412. The monoisotopic (exact) mass is 288 g/mol. The van der Waals surface area contributed by atoms with Crippen molar-refractivity contribution in [3.8, 4) is 0 Å². The second-order valence-electron chi connectivity index (χ2n) is 5.74. The summed E-state index contributed by atoms with van der Waals surface area (Å²) < 4.78 is 19.5. The summed E-state index contributed by atoms with van der Waals surface area (Å²) in [7, 11) is 0. The predicted octanol–water partition coefficient (Wildman–Crippen LogP) is 5.03. The summed E-state index contributed by atoms with van der Waals surface area (Å²) in [5.41, 5.74) is 2.36. The summed E-state index contributed by atoms with van der Waals surface area (Å²) in [5.74, 6) is 0.390. The van der Waals surface area contributed by atoms with Crippen molar-refractivity contribution in [1.82, 2.24) is 0 Å².